The minimum Gasteiger partial charge on any atom is -0.494 e. The van der Waals surface area contributed by atoms with Gasteiger partial charge in [0, 0.05) is 44.7 Å². The molecule has 1 N–H and O–H groups in total. The number of piperazine rings is 1. The van der Waals surface area contributed by atoms with Crippen LogP contribution in [0, 0.1) is 6.92 Å². The van der Waals surface area contributed by atoms with Crippen molar-refractivity contribution in [2.75, 3.05) is 39.3 Å². The van der Waals surface area contributed by atoms with Crippen LogP contribution in [0.2, 0.25) is 0 Å². The minimum absolute atomic E-state index is 0.226. The number of hydrogen-bond acceptors (Lipinski definition) is 4. The molecule has 4 nitrogen and oxygen atoms in total. The third-order valence-electron chi connectivity index (χ3n) is 3.67. The first kappa shape index (κ1) is 15.0. The Morgan fingerprint density at radius 1 is 1.35 bits per heavy atom. The first-order chi connectivity index (χ1) is 9.70. The molecule has 1 heterocycles. The fourth-order valence-electron chi connectivity index (χ4n) is 2.53. The van der Waals surface area contributed by atoms with Crippen LogP contribution in [0.25, 0.3) is 0 Å². The Balaban J connectivity index is 1.91. The van der Waals surface area contributed by atoms with Crippen LogP contribution >= 0.6 is 0 Å². The van der Waals surface area contributed by atoms with Crippen LogP contribution in [-0.2, 0) is 0 Å². The molecule has 0 radical (unpaired) electrons. The second-order valence-electron chi connectivity index (χ2n) is 5.17. The molecule has 1 fully saturated rings. The van der Waals surface area contributed by atoms with E-state index in [0.717, 1.165) is 49.6 Å². The third-order valence-corrected chi connectivity index (χ3v) is 3.67. The molecule has 1 aliphatic rings. The average molecular weight is 276 g/mol. The van der Waals surface area contributed by atoms with Gasteiger partial charge in [0.05, 0.1) is 6.61 Å². The highest BCUT2D eigenvalue weighted by Gasteiger charge is 2.14. The number of ketones is 1. The highest BCUT2D eigenvalue weighted by atomic mass is 16.5. The monoisotopic (exact) mass is 276 g/mol. The molecule has 1 aromatic rings. The maximum absolute atomic E-state index is 12.3. The molecule has 0 saturated carbocycles. The Labute approximate surface area is 121 Å². The second-order valence-corrected chi connectivity index (χ2v) is 5.17. The zero-order valence-electron chi connectivity index (χ0n) is 12.4. The van der Waals surface area contributed by atoms with Crippen molar-refractivity contribution in [2.24, 2.45) is 0 Å². The van der Waals surface area contributed by atoms with Gasteiger partial charge in [-0.1, -0.05) is 0 Å². The summed E-state index contributed by atoms with van der Waals surface area (Å²) < 4.78 is 5.45. The van der Waals surface area contributed by atoms with Crippen molar-refractivity contribution in [1.29, 1.82) is 0 Å². The summed E-state index contributed by atoms with van der Waals surface area (Å²) in [7, 11) is 0. The molecule has 0 atom stereocenters. The summed E-state index contributed by atoms with van der Waals surface area (Å²) >= 11 is 0. The fraction of sp³-hybridized carbons (Fsp3) is 0.562. The van der Waals surface area contributed by atoms with E-state index in [-0.39, 0.29) is 5.78 Å². The number of nitrogens with one attached hydrogen (secondary N) is 1. The maximum atomic E-state index is 12.3. The Hall–Kier alpha value is -1.39. The predicted octanol–water partition coefficient (Wildman–Crippen LogP) is 1.87. The first-order valence-electron chi connectivity index (χ1n) is 7.40. The number of rotatable bonds is 6. The van der Waals surface area contributed by atoms with Crippen molar-refractivity contribution in [2.45, 2.75) is 20.3 Å². The van der Waals surface area contributed by atoms with E-state index in [4.69, 9.17) is 4.74 Å². The van der Waals surface area contributed by atoms with Crippen molar-refractivity contribution in [3.63, 3.8) is 0 Å². The molecule has 20 heavy (non-hydrogen) atoms. The van der Waals surface area contributed by atoms with Crippen LogP contribution in [0.15, 0.2) is 18.2 Å². The van der Waals surface area contributed by atoms with Gasteiger partial charge in [-0.05, 0) is 37.6 Å². The smallest absolute Gasteiger partial charge is 0.164 e. The number of hydrogen-bond donors (Lipinski definition) is 1. The minimum atomic E-state index is 0.226. The predicted molar refractivity (Wildman–Crippen MR) is 80.6 cm³/mol. The highest BCUT2D eigenvalue weighted by molar-refractivity contribution is 5.97. The van der Waals surface area contributed by atoms with Gasteiger partial charge in [0.15, 0.2) is 5.78 Å². The van der Waals surface area contributed by atoms with Gasteiger partial charge in [-0.3, -0.25) is 4.79 Å². The van der Waals surface area contributed by atoms with E-state index in [2.05, 4.69) is 10.2 Å². The summed E-state index contributed by atoms with van der Waals surface area (Å²) in [6.45, 7) is 9.56. The van der Waals surface area contributed by atoms with Gasteiger partial charge in [-0.2, -0.15) is 0 Å². The lowest BCUT2D eigenvalue weighted by Crippen LogP contribution is -2.44. The van der Waals surface area contributed by atoms with E-state index < -0.39 is 0 Å². The molecule has 110 valence electrons. The standard InChI is InChI=1S/C16H24N2O2/c1-3-20-14-4-5-15(13(2)12-14)16(19)6-9-18-10-7-17-8-11-18/h4-5,12,17H,3,6-11H2,1-2H3. The highest BCUT2D eigenvalue weighted by Crippen LogP contribution is 2.18. The molecule has 1 aliphatic heterocycles. The number of benzene rings is 1. The molecule has 0 amide bonds. The van der Waals surface area contributed by atoms with Gasteiger partial charge in [0.1, 0.15) is 5.75 Å². The van der Waals surface area contributed by atoms with Crippen LogP contribution < -0.4 is 10.1 Å². The van der Waals surface area contributed by atoms with E-state index in [9.17, 15) is 4.79 Å². The van der Waals surface area contributed by atoms with Crippen LogP contribution in [0.4, 0.5) is 0 Å². The quantitative estimate of drug-likeness (QED) is 0.805. The summed E-state index contributed by atoms with van der Waals surface area (Å²) in [4.78, 5) is 14.6. The van der Waals surface area contributed by atoms with Crippen molar-refractivity contribution in [1.82, 2.24) is 10.2 Å². The second kappa shape index (κ2) is 7.41. The van der Waals surface area contributed by atoms with Gasteiger partial charge in [0.25, 0.3) is 0 Å². The van der Waals surface area contributed by atoms with Crippen LogP contribution in [0.5, 0.6) is 5.75 Å². The normalized spacial score (nSPS) is 16.1. The molecule has 1 aromatic carbocycles. The fourth-order valence-corrected chi connectivity index (χ4v) is 2.53. The van der Waals surface area contributed by atoms with E-state index in [0.29, 0.717) is 13.0 Å². The summed E-state index contributed by atoms with van der Waals surface area (Å²) in [6.07, 6.45) is 0.592. The zero-order valence-corrected chi connectivity index (χ0v) is 12.4. The lowest BCUT2D eigenvalue weighted by Gasteiger charge is -2.26. The van der Waals surface area contributed by atoms with Crippen molar-refractivity contribution in [3.8, 4) is 5.75 Å². The molecule has 2 rings (SSSR count). The number of carbonyl (C=O) groups excluding carboxylic acids is 1. The zero-order chi connectivity index (χ0) is 14.4. The lowest BCUT2D eigenvalue weighted by atomic mass is 10.0. The Morgan fingerprint density at radius 2 is 2.10 bits per heavy atom. The topological polar surface area (TPSA) is 41.6 Å². The van der Waals surface area contributed by atoms with Gasteiger partial charge in [0.2, 0.25) is 0 Å². The molecule has 0 spiro atoms. The molecule has 0 aromatic heterocycles. The van der Waals surface area contributed by atoms with Crippen molar-refractivity contribution in [3.05, 3.63) is 29.3 Å². The summed E-state index contributed by atoms with van der Waals surface area (Å²) in [5.41, 5.74) is 1.82. The van der Waals surface area contributed by atoms with E-state index in [1.54, 1.807) is 0 Å². The summed E-state index contributed by atoms with van der Waals surface area (Å²) in [5.74, 6) is 1.06. The van der Waals surface area contributed by atoms with E-state index >= 15 is 0 Å². The maximum Gasteiger partial charge on any atom is 0.164 e. The van der Waals surface area contributed by atoms with Crippen molar-refractivity contribution >= 4 is 5.78 Å². The Kier molecular flexibility index (Phi) is 5.56. The number of ether oxygens (including phenoxy) is 1. The number of carbonyl (C=O) groups is 1. The number of Topliss-reactive ketones (excluding diaryl/α,β-unsaturated/α-hetero) is 1. The largest absolute Gasteiger partial charge is 0.494 e. The molecule has 4 heteroatoms. The van der Waals surface area contributed by atoms with Crippen LogP contribution in [0.1, 0.15) is 29.3 Å². The molecular formula is C16H24N2O2. The molecular weight excluding hydrogens is 252 g/mol. The van der Waals surface area contributed by atoms with Crippen LogP contribution in [0.3, 0.4) is 0 Å². The SMILES string of the molecule is CCOc1ccc(C(=O)CCN2CCNCC2)c(C)c1. The molecule has 0 aliphatic carbocycles. The summed E-state index contributed by atoms with van der Waals surface area (Å²) in [6, 6.07) is 5.72. The third kappa shape index (κ3) is 4.05. The van der Waals surface area contributed by atoms with Crippen LogP contribution in [-0.4, -0.2) is 50.0 Å². The average Bonchev–Trinajstić information content (AvgIpc) is 2.46. The van der Waals surface area contributed by atoms with Gasteiger partial charge in [-0.25, -0.2) is 0 Å². The number of aryl methyl sites for hydroxylation is 1. The molecule has 0 bridgehead atoms. The Bertz CT molecular complexity index is 454. The summed E-state index contributed by atoms with van der Waals surface area (Å²) in [5, 5.41) is 3.32. The first-order valence-corrected chi connectivity index (χ1v) is 7.40. The van der Waals surface area contributed by atoms with Gasteiger partial charge >= 0.3 is 0 Å². The van der Waals surface area contributed by atoms with E-state index in [1.807, 2.05) is 32.0 Å². The number of nitrogens with zero attached hydrogens (tertiary/aromatic N) is 1. The molecule has 0 unspecified atom stereocenters. The molecule has 1 saturated heterocycles. The van der Waals surface area contributed by atoms with Crippen molar-refractivity contribution < 1.29 is 9.53 Å². The van der Waals surface area contributed by atoms with Gasteiger partial charge < -0.3 is 15.0 Å². The lowest BCUT2D eigenvalue weighted by molar-refractivity contribution is 0.0960. The Morgan fingerprint density at radius 3 is 2.75 bits per heavy atom. The van der Waals surface area contributed by atoms with E-state index in [1.165, 1.54) is 0 Å². The van der Waals surface area contributed by atoms with Gasteiger partial charge in [-0.15, -0.1) is 0 Å².